The highest BCUT2D eigenvalue weighted by atomic mass is 32.2. The third kappa shape index (κ3) is 2.30. The van der Waals surface area contributed by atoms with Gasteiger partial charge in [0, 0.05) is 0 Å². The van der Waals surface area contributed by atoms with Crippen LogP contribution < -0.4 is 0 Å². The van der Waals surface area contributed by atoms with Crippen LogP contribution in [0.4, 0.5) is 4.39 Å². The second-order valence-corrected chi connectivity index (χ2v) is 4.39. The van der Waals surface area contributed by atoms with Crippen LogP contribution in [0.2, 0.25) is 0 Å². The predicted octanol–water partition coefficient (Wildman–Crippen LogP) is 1.86. The minimum absolute atomic E-state index is 0.0395. The molecular formula is C9H11FO3S. The Morgan fingerprint density at radius 2 is 2.07 bits per heavy atom. The Bertz CT molecular complexity index is 426. The van der Waals surface area contributed by atoms with Gasteiger partial charge in [0.05, 0.1) is 11.5 Å². The van der Waals surface area contributed by atoms with E-state index in [9.17, 15) is 12.8 Å². The Kier molecular flexibility index (Phi) is 3.23. The highest BCUT2D eigenvalue weighted by Crippen LogP contribution is 2.16. The Morgan fingerprint density at radius 1 is 1.43 bits per heavy atom. The summed E-state index contributed by atoms with van der Waals surface area (Å²) in [5.41, 5.74) is 0.403. The van der Waals surface area contributed by atoms with Gasteiger partial charge in [-0.1, -0.05) is 6.07 Å². The summed E-state index contributed by atoms with van der Waals surface area (Å²) in [6, 6.07) is 3.69. The van der Waals surface area contributed by atoms with E-state index in [1.807, 2.05) is 0 Å². The topological polar surface area (TPSA) is 43.4 Å². The zero-order valence-corrected chi connectivity index (χ0v) is 8.77. The molecule has 0 N–H and O–H groups in total. The van der Waals surface area contributed by atoms with Crippen molar-refractivity contribution in [1.82, 2.24) is 0 Å². The number of benzene rings is 1. The van der Waals surface area contributed by atoms with Gasteiger partial charge in [0.15, 0.2) is 0 Å². The lowest BCUT2D eigenvalue weighted by atomic mass is 10.2. The third-order valence-electron chi connectivity index (χ3n) is 1.70. The van der Waals surface area contributed by atoms with Crippen LogP contribution in [0.25, 0.3) is 0 Å². The maximum absolute atomic E-state index is 13.0. The van der Waals surface area contributed by atoms with Gasteiger partial charge in [-0.05, 0) is 31.5 Å². The highest BCUT2D eigenvalue weighted by Gasteiger charge is 2.15. The van der Waals surface area contributed by atoms with Crippen molar-refractivity contribution in [2.45, 2.75) is 18.7 Å². The monoisotopic (exact) mass is 218 g/mol. The molecule has 0 saturated heterocycles. The minimum atomic E-state index is -3.79. The van der Waals surface area contributed by atoms with Gasteiger partial charge in [0.2, 0.25) is 0 Å². The molecule has 0 amide bonds. The Hall–Kier alpha value is -0.940. The number of hydrogen-bond donors (Lipinski definition) is 0. The van der Waals surface area contributed by atoms with E-state index >= 15 is 0 Å². The summed E-state index contributed by atoms with van der Waals surface area (Å²) < 4.78 is 40.2. The van der Waals surface area contributed by atoms with E-state index in [0.717, 1.165) is 6.07 Å². The van der Waals surface area contributed by atoms with E-state index < -0.39 is 15.9 Å². The van der Waals surface area contributed by atoms with Crippen molar-refractivity contribution in [1.29, 1.82) is 0 Å². The van der Waals surface area contributed by atoms with E-state index in [1.54, 1.807) is 13.8 Å². The molecule has 5 heteroatoms. The van der Waals surface area contributed by atoms with Crippen molar-refractivity contribution >= 4 is 10.1 Å². The van der Waals surface area contributed by atoms with Crippen molar-refractivity contribution in [3.05, 3.63) is 29.6 Å². The Morgan fingerprint density at radius 3 is 2.57 bits per heavy atom. The highest BCUT2D eigenvalue weighted by molar-refractivity contribution is 7.86. The molecule has 0 unspecified atom stereocenters. The standard InChI is InChI=1S/C9H11FO3S/c1-3-13-14(11,12)8-5-4-7(2)9(10)6-8/h4-6H,3H2,1-2H3. The molecule has 0 aliphatic rings. The first-order valence-corrected chi connectivity index (χ1v) is 5.54. The molecule has 0 heterocycles. The first-order valence-electron chi connectivity index (χ1n) is 4.13. The molecule has 1 aromatic rings. The molecule has 0 bridgehead atoms. The molecule has 0 fully saturated rings. The van der Waals surface area contributed by atoms with Gasteiger partial charge in [-0.2, -0.15) is 8.42 Å². The quantitative estimate of drug-likeness (QED) is 0.727. The van der Waals surface area contributed by atoms with Crippen molar-refractivity contribution in [2.24, 2.45) is 0 Å². The van der Waals surface area contributed by atoms with E-state index in [-0.39, 0.29) is 11.5 Å². The van der Waals surface area contributed by atoms with E-state index in [4.69, 9.17) is 0 Å². The van der Waals surface area contributed by atoms with Crippen molar-refractivity contribution in [3.8, 4) is 0 Å². The molecule has 0 atom stereocenters. The van der Waals surface area contributed by atoms with E-state index in [0.29, 0.717) is 5.56 Å². The normalized spacial score (nSPS) is 11.6. The van der Waals surface area contributed by atoms with Gasteiger partial charge in [0.25, 0.3) is 10.1 Å². The fraction of sp³-hybridized carbons (Fsp3) is 0.333. The summed E-state index contributed by atoms with van der Waals surface area (Å²) >= 11 is 0. The minimum Gasteiger partial charge on any atom is -0.267 e. The zero-order chi connectivity index (χ0) is 10.8. The van der Waals surface area contributed by atoms with Crippen LogP contribution in [-0.4, -0.2) is 15.0 Å². The average Bonchev–Trinajstić information content (AvgIpc) is 2.09. The average molecular weight is 218 g/mol. The summed E-state index contributed by atoms with van der Waals surface area (Å²) in [7, 11) is -3.79. The number of hydrogen-bond acceptors (Lipinski definition) is 3. The smallest absolute Gasteiger partial charge is 0.267 e. The van der Waals surface area contributed by atoms with Gasteiger partial charge in [-0.3, -0.25) is 4.18 Å². The Labute approximate surface area is 82.6 Å². The van der Waals surface area contributed by atoms with Crippen molar-refractivity contribution in [2.75, 3.05) is 6.61 Å². The SMILES string of the molecule is CCOS(=O)(=O)c1ccc(C)c(F)c1. The zero-order valence-electron chi connectivity index (χ0n) is 7.95. The van der Waals surface area contributed by atoms with Crippen LogP contribution >= 0.6 is 0 Å². The lowest BCUT2D eigenvalue weighted by Crippen LogP contribution is -2.06. The lowest BCUT2D eigenvalue weighted by Gasteiger charge is -2.04. The Balaban J connectivity index is 3.15. The van der Waals surface area contributed by atoms with E-state index in [1.165, 1.54) is 12.1 Å². The maximum Gasteiger partial charge on any atom is 0.297 e. The van der Waals surface area contributed by atoms with Gasteiger partial charge >= 0.3 is 0 Å². The summed E-state index contributed by atoms with van der Waals surface area (Å²) in [5, 5.41) is 0. The van der Waals surface area contributed by atoms with Crippen LogP contribution in [0.3, 0.4) is 0 Å². The number of aryl methyl sites for hydroxylation is 1. The molecule has 0 aliphatic carbocycles. The molecule has 14 heavy (non-hydrogen) atoms. The predicted molar refractivity (Wildman–Crippen MR) is 49.9 cm³/mol. The molecular weight excluding hydrogens is 207 g/mol. The van der Waals surface area contributed by atoms with Crippen molar-refractivity contribution < 1.29 is 17.0 Å². The molecule has 78 valence electrons. The number of halogens is 1. The summed E-state index contributed by atoms with van der Waals surface area (Å²) in [6.07, 6.45) is 0. The molecule has 1 rings (SSSR count). The van der Waals surface area contributed by atoms with Crippen LogP contribution in [0, 0.1) is 12.7 Å². The van der Waals surface area contributed by atoms with Gasteiger partial charge in [-0.15, -0.1) is 0 Å². The summed E-state index contributed by atoms with van der Waals surface area (Å²) in [5.74, 6) is -0.550. The largest absolute Gasteiger partial charge is 0.297 e. The molecule has 0 spiro atoms. The van der Waals surface area contributed by atoms with Gasteiger partial charge < -0.3 is 0 Å². The lowest BCUT2D eigenvalue weighted by molar-refractivity contribution is 0.338. The van der Waals surface area contributed by atoms with Crippen LogP contribution in [-0.2, 0) is 14.3 Å². The summed E-state index contributed by atoms with van der Waals surface area (Å²) in [4.78, 5) is -0.151. The molecule has 0 aromatic heterocycles. The third-order valence-corrected chi connectivity index (χ3v) is 3.08. The van der Waals surface area contributed by atoms with Crippen LogP contribution in [0.15, 0.2) is 23.1 Å². The first-order chi connectivity index (χ1) is 6.47. The fourth-order valence-electron chi connectivity index (χ4n) is 0.952. The molecule has 0 radical (unpaired) electrons. The molecule has 3 nitrogen and oxygen atoms in total. The fourth-order valence-corrected chi connectivity index (χ4v) is 1.88. The summed E-state index contributed by atoms with van der Waals surface area (Å²) in [6.45, 7) is 3.16. The van der Waals surface area contributed by atoms with Crippen LogP contribution in [0.1, 0.15) is 12.5 Å². The van der Waals surface area contributed by atoms with Crippen molar-refractivity contribution in [3.63, 3.8) is 0 Å². The van der Waals surface area contributed by atoms with E-state index in [2.05, 4.69) is 4.18 Å². The second kappa shape index (κ2) is 4.06. The second-order valence-electron chi connectivity index (χ2n) is 2.77. The van der Waals surface area contributed by atoms with Gasteiger partial charge in [-0.25, -0.2) is 4.39 Å². The molecule has 1 aromatic carbocycles. The maximum atomic E-state index is 13.0. The molecule has 0 saturated carbocycles. The number of rotatable bonds is 3. The first kappa shape index (κ1) is 11.1. The molecule has 0 aliphatic heterocycles. The van der Waals surface area contributed by atoms with Gasteiger partial charge in [0.1, 0.15) is 5.82 Å². The van der Waals surface area contributed by atoms with Crippen LogP contribution in [0.5, 0.6) is 0 Å².